The van der Waals surface area contributed by atoms with Crippen LogP contribution in [0.25, 0.3) is 11.1 Å². The predicted molar refractivity (Wildman–Crippen MR) is 137 cm³/mol. The molecule has 1 aromatic heterocycles. The van der Waals surface area contributed by atoms with Gasteiger partial charge in [0.25, 0.3) is 0 Å². The third kappa shape index (κ3) is 5.69. The van der Waals surface area contributed by atoms with Crippen LogP contribution in [0.5, 0.6) is 0 Å². The largest absolute Gasteiger partial charge is 0.610 e. The van der Waals surface area contributed by atoms with Crippen molar-refractivity contribution in [3.8, 4) is 11.1 Å². The highest BCUT2D eigenvalue weighted by Crippen LogP contribution is 2.42. The molecule has 1 N–H and O–H groups in total. The molecule has 1 unspecified atom stereocenters. The van der Waals surface area contributed by atoms with E-state index in [1.165, 1.54) is 0 Å². The number of hydrogen-bond acceptors (Lipinski definition) is 5. The summed E-state index contributed by atoms with van der Waals surface area (Å²) in [6.07, 6.45) is 3.87. The minimum Gasteiger partial charge on any atom is -0.610 e. The lowest BCUT2D eigenvalue weighted by Crippen LogP contribution is -2.51. The zero-order valence-corrected chi connectivity index (χ0v) is 21.4. The molecule has 2 heterocycles. The Balaban J connectivity index is 1.51. The summed E-state index contributed by atoms with van der Waals surface area (Å²) in [6, 6.07) is 21.2. The molecule has 1 amide bonds. The van der Waals surface area contributed by atoms with Crippen LogP contribution in [0.3, 0.4) is 0 Å². The van der Waals surface area contributed by atoms with Gasteiger partial charge in [0.1, 0.15) is 11.9 Å². The van der Waals surface area contributed by atoms with Crippen molar-refractivity contribution >= 4 is 17.3 Å². The Morgan fingerprint density at radius 3 is 2.31 bits per heavy atom. The summed E-state index contributed by atoms with van der Waals surface area (Å²) in [4.78, 5) is 19.3. The minimum absolute atomic E-state index is 0.171. The lowest BCUT2D eigenvalue weighted by Gasteiger charge is -2.45. The molecule has 3 aromatic rings. The monoisotopic (exact) mass is 492 g/mol. The Morgan fingerprint density at radius 2 is 1.77 bits per heavy atom. The van der Waals surface area contributed by atoms with Gasteiger partial charge in [-0.1, -0.05) is 54.6 Å². The first-order valence-corrected chi connectivity index (χ1v) is 13.3. The Labute approximate surface area is 210 Å². The van der Waals surface area contributed by atoms with E-state index in [0.717, 1.165) is 22.3 Å². The summed E-state index contributed by atoms with van der Waals surface area (Å²) in [5.41, 5.74) is 1.99. The molecule has 0 spiro atoms. The second kappa shape index (κ2) is 10.0. The number of aliphatic hydroxyl groups is 1. The van der Waals surface area contributed by atoms with Crippen molar-refractivity contribution in [2.75, 3.05) is 12.8 Å². The lowest BCUT2D eigenvalue weighted by molar-refractivity contribution is -0.101. The molecule has 1 aliphatic rings. The molecule has 4 rings (SSSR count). The molecular weight excluding hydrogens is 460 g/mol. The van der Waals surface area contributed by atoms with Crippen molar-refractivity contribution in [3.63, 3.8) is 0 Å². The first-order chi connectivity index (χ1) is 16.6. The number of rotatable bonds is 7. The van der Waals surface area contributed by atoms with Crippen LogP contribution in [-0.2, 0) is 21.5 Å². The van der Waals surface area contributed by atoms with Crippen LogP contribution in [0.2, 0.25) is 0 Å². The number of nitrogens with zero attached hydrogens (tertiary/aromatic N) is 2. The molecule has 184 valence electrons. The third-order valence-corrected chi connectivity index (χ3v) is 7.35. The molecule has 35 heavy (non-hydrogen) atoms. The van der Waals surface area contributed by atoms with Gasteiger partial charge in [-0.25, -0.2) is 9.78 Å². The van der Waals surface area contributed by atoms with Crippen LogP contribution >= 0.6 is 0 Å². The van der Waals surface area contributed by atoms with Gasteiger partial charge in [0.05, 0.1) is 11.6 Å². The topological polar surface area (TPSA) is 85.7 Å². The summed E-state index contributed by atoms with van der Waals surface area (Å²) in [6.45, 7) is 6.00. The summed E-state index contributed by atoms with van der Waals surface area (Å²) in [5.74, 6) is 0. The molecule has 1 saturated heterocycles. The maximum absolute atomic E-state index is 13.2. The maximum Gasteiger partial charge on any atom is 0.411 e. The first kappa shape index (κ1) is 25.2. The SMILES string of the molecule is C[C@@H](c1ccc(-c2ccc([S+](C)[O-])nc2)cc1)N1CC[C@](CC(C)(C)O)(c2ccccc2)OC1=O. The molecule has 0 saturated carbocycles. The van der Waals surface area contributed by atoms with Gasteiger partial charge in [-0.2, -0.15) is 0 Å². The third-order valence-electron chi connectivity index (χ3n) is 6.52. The summed E-state index contributed by atoms with van der Waals surface area (Å²) < 4.78 is 17.7. The van der Waals surface area contributed by atoms with Gasteiger partial charge in [-0.05, 0) is 43.5 Å². The van der Waals surface area contributed by atoms with Crippen LogP contribution in [-0.4, -0.2) is 44.0 Å². The first-order valence-electron chi connectivity index (χ1n) is 11.8. The van der Waals surface area contributed by atoms with E-state index in [2.05, 4.69) is 4.98 Å². The van der Waals surface area contributed by atoms with E-state index in [4.69, 9.17) is 4.74 Å². The minimum atomic E-state index is -1.11. The van der Waals surface area contributed by atoms with E-state index in [-0.39, 0.29) is 12.1 Å². The Bertz CT molecular complexity index is 1140. The molecule has 7 heteroatoms. The normalized spacial score (nSPS) is 20.3. The summed E-state index contributed by atoms with van der Waals surface area (Å²) in [7, 11) is 0. The van der Waals surface area contributed by atoms with Gasteiger partial charge in [0.2, 0.25) is 5.03 Å². The van der Waals surface area contributed by atoms with E-state index in [1.54, 1.807) is 37.3 Å². The summed E-state index contributed by atoms with van der Waals surface area (Å²) in [5, 5.41) is 11.1. The van der Waals surface area contributed by atoms with Gasteiger partial charge in [-0.15, -0.1) is 0 Å². The van der Waals surface area contributed by atoms with Crippen molar-refractivity contribution in [3.05, 3.63) is 84.1 Å². The van der Waals surface area contributed by atoms with Crippen molar-refractivity contribution in [2.24, 2.45) is 0 Å². The van der Waals surface area contributed by atoms with Gasteiger partial charge < -0.3 is 19.3 Å². The highest BCUT2D eigenvalue weighted by Gasteiger charge is 2.46. The smallest absolute Gasteiger partial charge is 0.411 e. The van der Waals surface area contributed by atoms with Crippen molar-refractivity contribution < 1.29 is 19.2 Å². The van der Waals surface area contributed by atoms with Gasteiger partial charge in [-0.3, -0.25) is 0 Å². The van der Waals surface area contributed by atoms with Crippen LogP contribution in [0.15, 0.2) is 78.0 Å². The van der Waals surface area contributed by atoms with E-state index in [1.807, 2.05) is 67.6 Å². The second-order valence-electron chi connectivity index (χ2n) is 9.80. The Hall–Kier alpha value is -2.87. The number of aromatic nitrogens is 1. The zero-order valence-electron chi connectivity index (χ0n) is 20.6. The number of hydrogen-bond donors (Lipinski definition) is 1. The molecule has 0 bridgehead atoms. The predicted octanol–water partition coefficient (Wildman–Crippen LogP) is 5.45. The molecule has 1 fully saturated rings. The maximum atomic E-state index is 13.2. The number of amides is 1. The second-order valence-corrected chi connectivity index (χ2v) is 11.1. The fourth-order valence-corrected chi connectivity index (χ4v) is 5.21. The van der Waals surface area contributed by atoms with E-state index < -0.39 is 22.4 Å². The van der Waals surface area contributed by atoms with Crippen LogP contribution < -0.4 is 0 Å². The average Bonchev–Trinajstić information content (AvgIpc) is 2.83. The number of cyclic esters (lactones) is 1. The quantitative estimate of drug-likeness (QED) is 0.444. The van der Waals surface area contributed by atoms with Crippen molar-refractivity contribution in [2.45, 2.75) is 55.9 Å². The highest BCUT2D eigenvalue weighted by atomic mass is 32.2. The highest BCUT2D eigenvalue weighted by molar-refractivity contribution is 7.90. The van der Waals surface area contributed by atoms with Crippen LogP contribution in [0.1, 0.15) is 50.8 Å². The molecule has 1 aliphatic heterocycles. The average molecular weight is 493 g/mol. The number of benzene rings is 2. The number of pyridine rings is 1. The van der Waals surface area contributed by atoms with Crippen molar-refractivity contribution in [1.82, 2.24) is 9.88 Å². The van der Waals surface area contributed by atoms with E-state index in [9.17, 15) is 14.5 Å². The lowest BCUT2D eigenvalue weighted by atomic mass is 9.80. The van der Waals surface area contributed by atoms with Gasteiger partial charge in [0, 0.05) is 48.4 Å². The molecule has 6 nitrogen and oxygen atoms in total. The molecule has 0 radical (unpaired) electrons. The van der Waals surface area contributed by atoms with Gasteiger partial charge >= 0.3 is 6.09 Å². The molecule has 2 aromatic carbocycles. The van der Waals surface area contributed by atoms with Crippen molar-refractivity contribution in [1.29, 1.82) is 0 Å². The van der Waals surface area contributed by atoms with Crippen LogP contribution in [0, 0.1) is 0 Å². The standard InChI is InChI=1S/C28H32N2O4S/c1-20(21-10-12-22(13-11-21)23-14-15-25(29-18-23)35(4)33)30-17-16-28(34-26(30)31,19-27(2,3)32)24-8-6-5-7-9-24/h5-15,18,20,32H,16-17,19H2,1-4H3/t20-,28-,35?/m0/s1. The fourth-order valence-electron chi connectivity index (χ4n) is 4.75. The molecule has 0 aliphatic carbocycles. The number of carbonyl (C=O) groups excluding carboxylic acids is 1. The van der Waals surface area contributed by atoms with Crippen LogP contribution in [0.4, 0.5) is 4.79 Å². The van der Waals surface area contributed by atoms with E-state index >= 15 is 0 Å². The zero-order chi connectivity index (χ0) is 25.2. The summed E-state index contributed by atoms with van der Waals surface area (Å²) >= 11 is -1.11. The fraction of sp³-hybridized carbons (Fsp3) is 0.357. The Kier molecular flexibility index (Phi) is 7.22. The number of ether oxygens (including phenoxy) is 1. The van der Waals surface area contributed by atoms with E-state index in [0.29, 0.717) is 24.4 Å². The number of carbonyl (C=O) groups is 1. The van der Waals surface area contributed by atoms with Gasteiger partial charge in [0.15, 0.2) is 0 Å². The molecular formula is C28H32N2O4S. The molecule has 3 atom stereocenters. The Morgan fingerprint density at radius 1 is 1.11 bits per heavy atom.